The first-order chi connectivity index (χ1) is 7.88. The fourth-order valence-electron chi connectivity index (χ4n) is 1.18. The molecule has 0 radical (unpaired) electrons. The number of carbonyl (C=O) groups is 1. The highest BCUT2D eigenvalue weighted by Crippen LogP contribution is 2.27. The van der Waals surface area contributed by atoms with Crippen LogP contribution in [0.3, 0.4) is 0 Å². The summed E-state index contributed by atoms with van der Waals surface area (Å²) in [6.07, 6.45) is 0. The number of nitrogens with two attached hydrogens (primary N) is 1. The lowest BCUT2D eigenvalue weighted by molar-refractivity contribution is -0.384. The van der Waals surface area contributed by atoms with Crippen LogP contribution >= 0.6 is 0 Å². The number of nitro benzene ring substituents is 1. The highest BCUT2D eigenvalue weighted by Gasteiger charge is 2.23. The van der Waals surface area contributed by atoms with Gasteiger partial charge >= 0.3 is 0 Å². The molecular weight excluding hydrogens is 233 g/mol. The summed E-state index contributed by atoms with van der Waals surface area (Å²) in [5.41, 5.74) is 4.06. The minimum atomic E-state index is -0.918. The maximum absolute atomic E-state index is 13.1. The van der Waals surface area contributed by atoms with Crippen molar-refractivity contribution in [2.24, 2.45) is 0 Å². The summed E-state index contributed by atoms with van der Waals surface area (Å²) >= 11 is 0. The van der Waals surface area contributed by atoms with Crippen LogP contribution in [0.4, 0.5) is 15.8 Å². The van der Waals surface area contributed by atoms with Crippen molar-refractivity contribution in [1.29, 1.82) is 0 Å². The number of hydroxylamine groups is 2. The quantitative estimate of drug-likeness (QED) is 0.484. The molecule has 1 rings (SSSR count). The lowest BCUT2D eigenvalue weighted by Crippen LogP contribution is -2.26. The number of carbonyl (C=O) groups excluding carboxylic acids is 1. The van der Waals surface area contributed by atoms with Gasteiger partial charge in [0, 0.05) is 7.05 Å². The van der Waals surface area contributed by atoms with E-state index in [1.54, 1.807) is 0 Å². The summed E-state index contributed by atoms with van der Waals surface area (Å²) in [4.78, 5) is 26.0. The summed E-state index contributed by atoms with van der Waals surface area (Å²) in [7, 11) is 2.50. The van der Waals surface area contributed by atoms with Gasteiger partial charge in [-0.2, -0.15) is 0 Å². The summed E-state index contributed by atoms with van der Waals surface area (Å²) in [6, 6.07) is 1.47. The van der Waals surface area contributed by atoms with Gasteiger partial charge in [-0.15, -0.1) is 0 Å². The van der Waals surface area contributed by atoms with Gasteiger partial charge in [-0.1, -0.05) is 0 Å². The molecule has 2 N–H and O–H groups in total. The minimum absolute atomic E-state index is 0.318. The van der Waals surface area contributed by atoms with Crippen LogP contribution in [0.15, 0.2) is 12.1 Å². The van der Waals surface area contributed by atoms with E-state index in [0.717, 1.165) is 11.1 Å². The number of anilines is 1. The summed E-state index contributed by atoms with van der Waals surface area (Å²) in [5, 5.41) is 11.4. The number of rotatable bonds is 3. The summed E-state index contributed by atoms with van der Waals surface area (Å²) in [6.45, 7) is 0. The molecule has 0 atom stereocenters. The molecule has 0 unspecified atom stereocenters. The summed E-state index contributed by atoms with van der Waals surface area (Å²) < 4.78 is 13.1. The van der Waals surface area contributed by atoms with Crippen molar-refractivity contribution in [3.05, 3.63) is 33.6 Å². The maximum atomic E-state index is 13.1. The Morgan fingerprint density at radius 1 is 1.59 bits per heavy atom. The molecule has 0 aliphatic carbocycles. The molecule has 7 nitrogen and oxygen atoms in total. The van der Waals surface area contributed by atoms with Crippen LogP contribution in [-0.4, -0.2) is 30.1 Å². The zero-order valence-corrected chi connectivity index (χ0v) is 9.14. The number of nitro groups is 1. The normalized spacial score (nSPS) is 10.1. The van der Waals surface area contributed by atoms with Gasteiger partial charge < -0.3 is 5.73 Å². The molecule has 0 aromatic heterocycles. The molecule has 0 saturated heterocycles. The van der Waals surface area contributed by atoms with E-state index in [-0.39, 0.29) is 5.56 Å². The molecule has 1 aromatic rings. The molecule has 1 amide bonds. The largest absolute Gasteiger partial charge is 0.393 e. The Morgan fingerprint density at radius 3 is 2.65 bits per heavy atom. The van der Waals surface area contributed by atoms with Crippen LogP contribution in [0.2, 0.25) is 0 Å². The first kappa shape index (κ1) is 12.8. The van der Waals surface area contributed by atoms with Crippen molar-refractivity contribution in [3.8, 4) is 0 Å². The zero-order chi connectivity index (χ0) is 13.2. The standard InChI is InChI=1S/C9H10FN3O4/c1-12(17-2)9(14)6-3-5(10)4-7(8(6)11)13(15)16/h3-4H,11H2,1-2H3. The number of nitrogens with zero attached hydrogens (tertiary/aromatic N) is 2. The van der Waals surface area contributed by atoms with Crippen molar-refractivity contribution >= 4 is 17.3 Å². The summed E-state index contributed by atoms with van der Waals surface area (Å²) in [5.74, 6) is -1.69. The third kappa shape index (κ3) is 2.48. The van der Waals surface area contributed by atoms with E-state index in [1.165, 1.54) is 14.2 Å². The predicted octanol–water partition coefficient (Wildman–Crippen LogP) is 0.950. The fraction of sp³-hybridized carbons (Fsp3) is 0.222. The van der Waals surface area contributed by atoms with Crippen LogP contribution in [0, 0.1) is 15.9 Å². The fourth-order valence-corrected chi connectivity index (χ4v) is 1.18. The second-order valence-electron chi connectivity index (χ2n) is 3.13. The monoisotopic (exact) mass is 243 g/mol. The number of hydrogen-bond acceptors (Lipinski definition) is 5. The van der Waals surface area contributed by atoms with E-state index >= 15 is 0 Å². The molecule has 0 aliphatic heterocycles. The number of halogens is 1. The Morgan fingerprint density at radius 2 is 2.18 bits per heavy atom. The van der Waals surface area contributed by atoms with E-state index in [4.69, 9.17) is 5.73 Å². The van der Waals surface area contributed by atoms with Crippen LogP contribution in [0.5, 0.6) is 0 Å². The van der Waals surface area contributed by atoms with E-state index in [0.29, 0.717) is 6.07 Å². The van der Waals surface area contributed by atoms with Crippen molar-refractivity contribution < 1.29 is 18.9 Å². The Hall–Kier alpha value is -2.22. The second-order valence-corrected chi connectivity index (χ2v) is 3.13. The molecule has 0 heterocycles. The van der Waals surface area contributed by atoms with Crippen LogP contribution in [0.1, 0.15) is 10.4 Å². The molecular formula is C9H10FN3O4. The van der Waals surface area contributed by atoms with Crippen LogP contribution < -0.4 is 5.73 Å². The van der Waals surface area contributed by atoms with Gasteiger partial charge in [0.1, 0.15) is 11.5 Å². The van der Waals surface area contributed by atoms with Gasteiger partial charge in [-0.05, 0) is 6.07 Å². The van der Waals surface area contributed by atoms with Crippen molar-refractivity contribution in [2.45, 2.75) is 0 Å². The molecule has 0 saturated carbocycles. The SMILES string of the molecule is CON(C)C(=O)c1cc(F)cc([N+](=O)[O-])c1N. The highest BCUT2D eigenvalue weighted by atomic mass is 19.1. The molecule has 8 heteroatoms. The number of hydrogen-bond donors (Lipinski definition) is 1. The molecule has 0 bridgehead atoms. The number of nitrogen functional groups attached to an aromatic ring is 1. The maximum Gasteiger partial charge on any atom is 0.295 e. The van der Waals surface area contributed by atoms with Gasteiger partial charge in [0.15, 0.2) is 0 Å². The topological polar surface area (TPSA) is 98.7 Å². The van der Waals surface area contributed by atoms with E-state index < -0.39 is 28.0 Å². The Bertz CT molecular complexity index is 478. The highest BCUT2D eigenvalue weighted by molar-refractivity contribution is 6.00. The van der Waals surface area contributed by atoms with Crippen molar-refractivity contribution in [1.82, 2.24) is 5.06 Å². The van der Waals surface area contributed by atoms with Gasteiger partial charge in [-0.25, -0.2) is 9.45 Å². The lowest BCUT2D eigenvalue weighted by Gasteiger charge is -2.14. The molecule has 0 spiro atoms. The van der Waals surface area contributed by atoms with Crippen LogP contribution in [-0.2, 0) is 4.84 Å². The smallest absolute Gasteiger partial charge is 0.295 e. The molecule has 17 heavy (non-hydrogen) atoms. The Balaban J connectivity index is 3.34. The first-order valence-electron chi connectivity index (χ1n) is 4.44. The Kier molecular flexibility index (Phi) is 3.59. The second kappa shape index (κ2) is 4.74. The van der Waals surface area contributed by atoms with E-state index in [2.05, 4.69) is 4.84 Å². The molecule has 0 fully saturated rings. The van der Waals surface area contributed by atoms with Gasteiger partial charge in [-0.3, -0.25) is 19.7 Å². The average Bonchev–Trinajstić information content (AvgIpc) is 2.29. The van der Waals surface area contributed by atoms with Crippen LogP contribution in [0.25, 0.3) is 0 Å². The number of amides is 1. The van der Waals surface area contributed by atoms with E-state index in [9.17, 15) is 19.3 Å². The molecule has 1 aromatic carbocycles. The lowest BCUT2D eigenvalue weighted by atomic mass is 10.1. The van der Waals surface area contributed by atoms with E-state index in [1.807, 2.05) is 0 Å². The van der Waals surface area contributed by atoms with Crippen molar-refractivity contribution in [2.75, 3.05) is 19.9 Å². The molecule has 0 aliphatic rings. The third-order valence-corrected chi connectivity index (χ3v) is 2.11. The average molecular weight is 243 g/mol. The van der Waals surface area contributed by atoms with Gasteiger partial charge in [0.05, 0.1) is 23.7 Å². The molecule has 92 valence electrons. The zero-order valence-electron chi connectivity index (χ0n) is 9.14. The van der Waals surface area contributed by atoms with Crippen molar-refractivity contribution in [3.63, 3.8) is 0 Å². The first-order valence-corrected chi connectivity index (χ1v) is 4.44. The Labute approximate surface area is 95.7 Å². The third-order valence-electron chi connectivity index (χ3n) is 2.11. The van der Waals surface area contributed by atoms with Gasteiger partial charge in [0.2, 0.25) is 0 Å². The predicted molar refractivity (Wildman–Crippen MR) is 56.6 cm³/mol. The number of benzene rings is 1. The van der Waals surface area contributed by atoms with Gasteiger partial charge in [0.25, 0.3) is 11.6 Å². The minimum Gasteiger partial charge on any atom is -0.393 e.